The fraction of sp³-hybridized carbons (Fsp3) is 0.588. The largest absolute Gasteiger partial charge is 0.495 e. The second kappa shape index (κ2) is 6.39. The number of carboxylic acids is 1. The van der Waals surface area contributed by atoms with Crippen LogP contribution in [-0.2, 0) is 23.1 Å². The van der Waals surface area contributed by atoms with Gasteiger partial charge in [-0.2, -0.15) is 0 Å². The van der Waals surface area contributed by atoms with E-state index in [0.717, 1.165) is 35.0 Å². The Hall–Kier alpha value is -1.03. The summed E-state index contributed by atoms with van der Waals surface area (Å²) in [6.07, 6.45) is 5.77. The monoisotopic (exact) mass is 354 g/mol. The van der Waals surface area contributed by atoms with Gasteiger partial charge in [-0.1, -0.05) is 20.3 Å². The van der Waals surface area contributed by atoms with Gasteiger partial charge in [0.2, 0.25) is 0 Å². The van der Waals surface area contributed by atoms with Crippen LogP contribution in [0.2, 0.25) is 0 Å². The number of aryl methyl sites for hydroxylation is 1. The Balaban J connectivity index is 2.65. The predicted octanol–water partition coefficient (Wildman–Crippen LogP) is 4.48. The first kappa shape index (κ1) is 16.3. The molecule has 0 radical (unpaired) electrons. The molecule has 4 heteroatoms. The van der Waals surface area contributed by atoms with Crippen molar-refractivity contribution in [3.63, 3.8) is 0 Å². The third-order valence-electron chi connectivity index (χ3n) is 4.28. The van der Waals surface area contributed by atoms with Crippen molar-refractivity contribution in [1.82, 2.24) is 0 Å². The number of hydrogen-bond acceptors (Lipinski definition) is 2. The summed E-state index contributed by atoms with van der Waals surface area (Å²) in [4.78, 5) is 11.3. The average molecular weight is 355 g/mol. The summed E-state index contributed by atoms with van der Waals surface area (Å²) in [7, 11) is 1.66. The van der Waals surface area contributed by atoms with Crippen molar-refractivity contribution in [3.05, 3.63) is 27.2 Å². The van der Waals surface area contributed by atoms with E-state index in [4.69, 9.17) is 4.74 Å². The van der Waals surface area contributed by atoms with Crippen LogP contribution >= 0.6 is 15.9 Å². The quantitative estimate of drug-likeness (QED) is 0.810. The van der Waals surface area contributed by atoms with Crippen molar-refractivity contribution in [2.45, 2.75) is 57.8 Å². The topological polar surface area (TPSA) is 46.5 Å². The maximum Gasteiger partial charge on any atom is 0.304 e. The van der Waals surface area contributed by atoms with Crippen molar-refractivity contribution in [3.8, 4) is 5.75 Å². The zero-order chi connectivity index (χ0) is 15.6. The maximum absolute atomic E-state index is 11.3. The first-order chi connectivity index (χ1) is 9.86. The molecular formula is C17H23BrO3. The zero-order valence-electron chi connectivity index (χ0n) is 13.0. The molecule has 2 rings (SSSR count). The third kappa shape index (κ3) is 3.42. The van der Waals surface area contributed by atoms with E-state index >= 15 is 0 Å². The van der Waals surface area contributed by atoms with E-state index in [0.29, 0.717) is 0 Å². The number of benzene rings is 1. The molecule has 0 atom stereocenters. The van der Waals surface area contributed by atoms with E-state index in [-0.39, 0.29) is 6.42 Å². The highest BCUT2D eigenvalue weighted by atomic mass is 79.9. The van der Waals surface area contributed by atoms with Crippen LogP contribution in [0, 0.1) is 0 Å². The second-order valence-corrected chi connectivity index (χ2v) is 7.27. The number of methoxy groups -OCH3 is 1. The molecule has 0 aromatic heterocycles. The normalized spacial score (nSPS) is 15.2. The molecular weight excluding hydrogens is 332 g/mol. The highest BCUT2D eigenvalue weighted by molar-refractivity contribution is 9.10. The van der Waals surface area contributed by atoms with Gasteiger partial charge in [0.15, 0.2) is 0 Å². The van der Waals surface area contributed by atoms with Crippen molar-refractivity contribution < 1.29 is 14.6 Å². The van der Waals surface area contributed by atoms with E-state index in [1.165, 1.54) is 24.0 Å². The van der Waals surface area contributed by atoms with Gasteiger partial charge in [0, 0.05) is 11.0 Å². The Morgan fingerprint density at radius 1 is 1.33 bits per heavy atom. The van der Waals surface area contributed by atoms with Gasteiger partial charge in [0.1, 0.15) is 5.75 Å². The molecule has 0 heterocycles. The van der Waals surface area contributed by atoms with Gasteiger partial charge in [-0.15, -0.1) is 0 Å². The van der Waals surface area contributed by atoms with E-state index in [1.807, 2.05) is 13.8 Å². The van der Waals surface area contributed by atoms with Crippen LogP contribution < -0.4 is 4.74 Å². The molecule has 1 aliphatic rings. The summed E-state index contributed by atoms with van der Waals surface area (Å²) in [6, 6.07) is 2.15. The van der Waals surface area contributed by atoms with Crippen molar-refractivity contribution in [1.29, 1.82) is 0 Å². The van der Waals surface area contributed by atoms with Crippen LogP contribution in [0.25, 0.3) is 0 Å². The number of rotatable bonds is 4. The highest BCUT2D eigenvalue weighted by Gasteiger charge is 2.32. The van der Waals surface area contributed by atoms with Gasteiger partial charge < -0.3 is 9.84 Å². The summed E-state index contributed by atoms with van der Waals surface area (Å²) < 4.78 is 6.54. The molecule has 0 saturated heterocycles. The van der Waals surface area contributed by atoms with Crippen molar-refractivity contribution in [2.75, 3.05) is 7.11 Å². The predicted molar refractivity (Wildman–Crippen MR) is 87.2 cm³/mol. The molecule has 1 aromatic carbocycles. The summed E-state index contributed by atoms with van der Waals surface area (Å²) >= 11 is 3.60. The van der Waals surface area contributed by atoms with Crippen LogP contribution in [0.4, 0.5) is 0 Å². The molecule has 0 spiro atoms. The number of halogens is 1. The number of hydrogen-bond donors (Lipinski definition) is 1. The molecule has 0 aliphatic heterocycles. The van der Waals surface area contributed by atoms with Crippen LogP contribution in [0.15, 0.2) is 10.5 Å². The summed E-state index contributed by atoms with van der Waals surface area (Å²) in [5, 5.41) is 9.25. The lowest BCUT2D eigenvalue weighted by Gasteiger charge is -2.30. The van der Waals surface area contributed by atoms with Gasteiger partial charge >= 0.3 is 5.97 Å². The minimum Gasteiger partial charge on any atom is -0.495 e. The van der Waals surface area contributed by atoms with Crippen LogP contribution in [-0.4, -0.2) is 18.2 Å². The van der Waals surface area contributed by atoms with Crippen LogP contribution in [0.3, 0.4) is 0 Å². The lowest BCUT2D eigenvalue weighted by Crippen LogP contribution is -2.25. The van der Waals surface area contributed by atoms with Gasteiger partial charge in [-0.25, -0.2) is 0 Å². The lowest BCUT2D eigenvalue weighted by molar-refractivity contribution is -0.138. The molecule has 1 aromatic rings. The third-order valence-corrected chi connectivity index (χ3v) is 4.87. The summed E-state index contributed by atoms with van der Waals surface area (Å²) in [5.74, 6) is 0.0197. The molecule has 0 bridgehead atoms. The molecule has 1 aliphatic carbocycles. The van der Waals surface area contributed by atoms with Crippen molar-refractivity contribution in [2.24, 2.45) is 0 Å². The molecule has 0 saturated carbocycles. The standard InChI is InChI=1S/C17H23BrO3/c1-17(2,10-14(19)20)15-12-8-6-4-5-7-11(12)9-13(18)16(15)21-3/h9H,4-8,10H2,1-3H3,(H,19,20). The molecule has 0 fully saturated rings. The van der Waals surface area contributed by atoms with E-state index < -0.39 is 11.4 Å². The SMILES string of the molecule is COc1c(Br)cc2c(c1C(C)(C)CC(=O)O)CCCCC2. The van der Waals surface area contributed by atoms with Crippen LogP contribution in [0.1, 0.15) is 56.2 Å². The van der Waals surface area contributed by atoms with Gasteiger partial charge in [0.05, 0.1) is 18.0 Å². The second-order valence-electron chi connectivity index (χ2n) is 6.42. The van der Waals surface area contributed by atoms with E-state index in [9.17, 15) is 9.90 Å². The molecule has 0 amide bonds. The Morgan fingerprint density at radius 3 is 2.62 bits per heavy atom. The minimum absolute atomic E-state index is 0.103. The number of carbonyl (C=O) groups is 1. The number of carboxylic acid groups (broad SMARTS) is 1. The Labute approximate surface area is 134 Å². The molecule has 116 valence electrons. The molecule has 3 nitrogen and oxygen atoms in total. The van der Waals surface area contributed by atoms with Gasteiger partial charge in [-0.3, -0.25) is 4.79 Å². The Bertz CT molecular complexity index is 549. The molecule has 21 heavy (non-hydrogen) atoms. The Kier molecular flexibility index (Phi) is 4.97. The first-order valence-corrected chi connectivity index (χ1v) is 8.26. The minimum atomic E-state index is -0.774. The number of aliphatic carboxylic acids is 1. The van der Waals surface area contributed by atoms with E-state index in [2.05, 4.69) is 22.0 Å². The fourth-order valence-electron chi connectivity index (χ4n) is 3.41. The van der Waals surface area contributed by atoms with Crippen LogP contribution in [0.5, 0.6) is 5.75 Å². The summed E-state index contributed by atoms with van der Waals surface area (Å²) in [5.41, 5.74) is 3.26. The number of ether oxygens (including phenoxy) is 1. The van der Waals surface area contributed by atoms with Gasteiger partial charge in [0.25, 0.3) is 0 Å². The lowest BCUT2D eigenvalue weighted by atomic mass is 9.76. The smallest absolute Gasteiger partial charge is 0.304 e. The van der Waals surface area contributed by atoms with E-state index in [1.54, 1.807) is 7.11 Å². The first-order valence-electron chi connectivity index (χ1n) is 7.47. The Morgan fingerprint density at radius 2 is 2.00 bits per heavy atom. The molecule has 1 N–H and O–H groups in total. The molecule has 0 unspecified atom stereocenters. The van der Waals surface area contributed by atoms with Gasteiger partial charge in [-0.05, 0) is 58.8 Å². The zero-order valence-corrected chi connectivity index (χ0v) is 14.5. The number of fused-ring (bicyclic) bond motifs is 1. The highest BCUT2D eigenvalue weighted by Crippen LogP contribution is 2.44. The maximum atomic E-state index is 11.3. The fourth-order valence-corrected chi connectivity index (χ4v) is 4.04. The van der Waals surface area contributed by atoms with Crippen molar-refractivity contribution >= 4 is 21.9 Å². The average Bonchev–Trinajstić information content (AvgIpc) is 2.60. The summed E-state index contributed by atoms with van der Waals surface area (Å²) in [6.45, 7) is 3.99.